The lowest BCUT2D eigenvalue weighted by Gasteiger charge is -2.39. The Bertz CT molecular complexity index is 916. The molecule has 0 aliphatic heterocycles. The number of hydrogen-bond donors (Lipinski definition) is 2. The summed E-state index contributed by atoms with van der Waals surface area (Å²) in [5, 5.41) is 23.5. The summed E-state index contributed by atoms with van der Waals surface area (Å²) in [5.41, 5.74) is 1.50. The van der Waals surface area contributed by atoms with Gasteiger partial charge >= 0.3 is 0 Å². The van der Waals surface area contributed by atoms with E-state index in [4.69, 9.17) is 14.4 Å². The van der Waals surface area contributed by atoms with Crippen molar-refractivity contribution in [1.29, 1.82) is 0 Å². The van der Waals surface area contributed by atoms with Crippen LogP contribution in [0, 0.1) is 5.92 Å². The number of aliphatic hydroxyl groups excluding tert-OH is 1. The van der Waals surface area contributed by atoms with Crippen molar-refractivity contribution in [2.24, 2.45) is 5.92 Å². The van der Waals surface area contributed by atoms with E-state index in [2.05, 4.69) is 63.3 Å². The van der Waals surface area contributed by atoms with E-state index in [0.29, 0.717) is 0 Å². The number of hydrogen-bond acceptors (Lipinski definition) is 8. The molecule has 2 N–H and O–H groups in total. The van der Waals surface area contributed by atoms with Gasteiger partial charge in [0, 0.05) is 24.8 Å². The molecule has 0 radical (unpaired) electrons. The molecule has 2 heterocycles. The summed E-state index contributed by atoms with van der Waals surface area (Å²) < 4.78 is 8.70. The monoisotopic (exact) mass is 494 g/mol. The van der Waals surface area contributed by atoms with Gasteiger partial charge in [-0.2, -0.15) is 0 Å². The average molecular weight is 495 g/mol. The van der Waals surface area contributed by atoms with Crippen LogP contribution in [0.4, 0.5) is 5.82 Å². The highest BCUT2D eigenvalue weighted by Gasteiger charge is 2.44. The molecule has 1 fully saturated rings. The smallest absolute Gasteiger partial charge is 0.192 e. The fourth-order valence-electron chi connectivity index (χ4n) is 3.97. The summed E-state index contributed by atoms with van der Waals surface area (Å²) in [6, 6.07) is 0.101. The third-order valence-corrected chi connectivity index (χ3v) is 12.6. The second-order valence-electron chi connectivity index (χ2n) is 10.7. The molecule has 186 valence electrons. The van der Waals surface area contributed by atoms with Gasteiger partial charge in [0.15, 0.2) is 30.5 Å². The zero-order valence-corrected chi connectivity index (χ0v) is 23.2. The van der Waals surface area contributed by atoms with Crippen molar-refractivity contribution in [3.8, 4) is 0 Å². The first-order valence-electron chi connectivity index (χ1n) is 12.4. The van der Waals surface area contributed by atoms with E-state index in [0.717, 1.165) is 66.5 Å². The minimum Gasteiger partial charge on any atom is -0.413 e. The summed E-state index contributed by atoms with van der Waals surface area (Å²) in [5.74, 6) is 1.84. The normalized spacial score (nSPS) is 21.8. The van der Waals surface area contributed by atoms with Crippen LogP contribution < -0.4 is 5.32 Å². The summed E-state index contributed by atoms with van der Waals surface area (Å²) in [6.07, 6.45) is 4.91. The summed E-state index contributed by atoms with van der Waals surface area (Å²) in [6.45, 7) is 16.6. The predicted molar refractivity (Wildman–Crippen MR) is 138 cm³/mol. The largest absolute Gasteiger partial charge is 0.413 e. The van der Waals surface area contributed by atoms with E-state index in [9.17, 15) is 5.11 Å². The molecule has 3 rings (SSSR count). The van der Waals surface area contributed by atoms with Crippen LogP contribution in [0.3, 0.4) is 0 Å². The molecule has 33 heavy (non-hydrogen) atoms. The number of nitrogens with one attached hydrogen (secondary N) is 1. The molecule has 0 aromatic carbocycles. The lowest BCUT2D eigenvalue weighted by molar-refractivity contribution is 0.0979. The lowest BCUT2D eigenvalue weighted by Crippen LogP contribution is -2.45. The number of aromatic nitrogens is 5. The van der Waals surface area contributed by atoms with E-state index in [1.165, 1.54) is 0 Å². The highest BCUT2D eigenvalue weighted by atomic mass is 32.2. The Morgan fingerprint density at radius 1 is 1.18 bits per heavy atom. The third kappa shape index (κ3) is 6.07. The Morgan fingerprint density at radius 3 is 2.58 bits per heavy atom. The Balaban J connectivity index is 1.90. The highest BCUT2D eigenvalue weighted by Crippen LogP contribution is 2.44. The number of nitrogens with zero attached hydrogens (tertiary/aromatic N) is 5. The number of anilines is 1. The molecule has 3 atom stereocenters. The van der Waals surface area contributed by atoms with E-state index in [1.807, 2.05) is 4.68 Å². The molecule has 2 aromatic rings. The number of thioether (sulfide) groups is 1. The van der Waals surface area contributed by atoms with E-state index in [1.54, 1.807) is 11.8 Å². The molecule has 1 aliphatic carbocycles. The maximum Gasteiger partial charge on any atom is 0.192 e. The maximum absolute atomic E-state index is 10.1. The number of rotatable bonds is 11. The molecule has 0 amide bonds. The minimum atomic E-state index is -1.94. The molecule has 10 heteroatoms. The van der Waals surface area contributed by atoms with Crippen molar-refractivity contribution in [3.63, 3.8) is 0 Å². The van der Waals surface area contributed by atoms with Gasteiger partial charge in [-0.15, -0.1) is 5.10 Å². The molecule has 0 bridgehead atoms. The lowest BCUT2D eigenvalue weighted by atomic mass is 10.1. The van der Waals surface area contributed by atoms with Gasteiger partial charge in [0.2, 0.25) is 0 Å². The van der Waals surface area contributed by atoms with Crippen LogP contribution in [0.25, 0.3) is 11.2 Å². The maximum atomic E-state index is 10.1. The van der Waals surface area contributed by atoms with Crippen LogP contribution in [0.15, 0.2) is 5.16 Å². The summed E-state index contributed by atoms with van der Waals surface area (Å²) in [7, 11) is -1.94. The van der Waals surface area contributed by atoms with Crippen LogP contribution >= 0.6 is 11.8 Å². The molecular formula is C23H42N6O2SSi. The van der Waals surface area contributed by atoms with Gasteiger partial charge in [-0.1, -0.05) is 58.0 Å². The Labute approximate surface area is 203 Å². The second kappa shape index (κ2) is 11.0. The van der Waals surface area contributed by atoms with Gasteiger partial charge in [0.1, 0.15) is 0 Å². The Kier molecular flexibility index (Phi) is 8.80. The molecule has 0 unspecified atom stereocenters. The minimum absolute atomic E-state index is 0.0260. The van der Waals surface area contributed by atoms with E-state index >= 15 is 0 Å². The number of fused-ring (bicyclic) bond motifs is 1. The fourth-order valence-corrected chi connectivity index (χ4v) is 6.06. The molecule has 0 spiro atoms. The molecule has 8 nitrogen and oxygen atoms in total. The second-order valence-corrected chi connectivity index (χ2v) is 16.5. The van der Waals surface area contributed by atoms with Gasteiger partial charge in [-0.25, -0.2) is 14.6 Å². The van der Waals surface area contributed by atoms with Gasteiger partial charge in [-0.3, -0.25) is 0 Å². The van der Waals surface area contributed by atoms with Crippen LogP contribution in [-0.2, 0) is 4.43 Å². The zero-order chi connectivity index (χ0) is 24.2. The number of unbranched alkanes of at least 4 members (excludes halogenated alkanes) is 1. The SMILES string of the molecule is CCCCNc1nc(SCCC)nc2c1nnn2[C@H]1C[C@@H](CO)[C@H](O[Si](C)(C)C(C)(C)C)C1. The Hall–Kier alpha value is -1.23. The quantitative estimate of drug-likeness (QED) is 0.189. The highest BCUT2D eigenvalue weighted by molar-refractivity contribution is 7.99. The van der Waals surface area contributed by atoms with Crippen molar-refractivity contribution < 1.29 is 9.53 Å². The standard InChI is InChI=1S/C23H42N6O2SSi/c1-8-10-11-24-20-19-21(26-22(25-20)32-12-9-2)29(28-27-19)17-13-16(15-30)18(14-17)31-33(6,7)23(3,4)5/h16-18,30H,8-15H2,1-7H3,(H,24,25,26)/t16-,17-,18+/m0/s1. The topological polar surface area (TPSA) is 98.0 Å². The van der Waals surface area contributed by atoms with E-state index in [-0.39, 0.29) is 29.7 Å². The van der Waals surface area contributed by atoms with Crippen molar-refractivity contribution in [2.75, 3.05) is 24.2 Å². The van der Waals surface area contributed by atoms with Gasteiger partial charge in [0.25, 0.3) is 0 Å². The van der Waals surface area contributed by atoms with Crippen LogP contribution in [0.1, 0.15) is 72.8 Å². The Morgan fingerprint density at radius 2 is 1.94 bits per heavy atom. The van der Waals surface area contributed by atoms with Crippen LogP contribution in [0.2, 0.25) is 18.1 Å². The number of aliphatic hydroxyl groups is 1. The van der Waals surface area contributed by atoms with Crippen LogP contribution in [0.5, 0.6) is 0 Å². The van der Waals surface area contributed by atoms with Crippen molar-refractivity contribution in [1.82, 2.24) is 25.0 Å². The first kappa shape index (κ1) is 26.4. The molecular weight excluding hydrogens is 452 g/mol. The fraction of sp³-hybridized carbons (Fsp3) is 0.826. The summed E-state index contributed by atoms with van der Waals surface area (Å²) in [4.78, 5) is 9.59. The first-order chi connectivity index (χ1) is 15.6. The molecule has 1 saturated carbocycles. The third-order valence-electron chi connectivity index (χ3n) is 7.00. The zero-order valence-electron chi connectivity index (χ0n) is 21.4. The molecule has 1 aliphatic rings. The van der Waals surface area contributed by atoms with Crippen LogP contribution in [-0.4, -0.2) is 63.4 Å². The van der Waals surface area contributed by atoms with E-state index < -0.39 is 8.32 Å². The molecule has 2 aromatic heterocycles. The first-order valence-corrected chi connectivity index (χ1v) is 16.3. The van der Waals surface area contributed by atoms with Crippen molar-refractivity contribution in [2.45, 2.75) is 102 Å². The predicted octanol–water partition coefficient (Wildman–Crippen LogP) is 5.27. The summed E-state index contributed by atoms with van der Waals surface area (Å²) >= 11 is 1.67. The van der Waals surface area contributed by atoms with Gasteiger partial charge < -0.3 is 14.8 Å². The van der Waals surface area contributed by atoms with Gasteiger partial charge in [0.05, 0.1) is 12.1 Å². The van der Waals surface area contributed by atoms with Crippen molar-refractivity contribution in [3.05, 3.63) is 0 Å². The average Bonchev–Trinajstić information content (AvgIpc) is 3.35. The molecule has 0 saturated heterocycles. The van der Waals surface area contributed by atoms with Gasteiger partial charge in [-0.05, 0) is 43.8 Å². The van der Waals surface area contributed by atoms with Crippen molar-refractivity contribution >= 4 is 37.1 Å².